The van der Waals surface area contributed by atoms with Crippen LogP contribution < -0.4 is 0 Å². The number of fused-ring (bicyclic) bond motifs is 2. The highest BCUT2D eigenvalue weighted by Gasteiger charge is 2.54. The Hall–Kier alpha value is -0.680. The summed E-state index contributed by atoms with van der Waals surface area (Å²) in [7, 11) is -4.03. The summed E-state index contributed by atoms with van der Waals surface area (Å²) in [5.41, 5.74) is 0.954. The molecule has 0 amide bonds. The van der Waals surface area contributed by atoms with E-state index in [1.165, 1.54) is 12.1 Å². The molecule has 0 spiro atoms. The SMILES string of the molecule is Cc1ccc(S(=O)(=O)O[C@H]2[C@H]3OC[C@H](O3)[C@@H](N3CCSCC3)[C@H]2O)cc1. The Morgan fingerprint density at radius 3 is 2.62 bits per heavy atom. The Morgan fingerprint density at radius 2 is 1.92 bits per heavy atom. The van der Waals surface area contributed by atoms with Crippen molar-refractivity contribution in [1.29, 1.82) is 0 Å². The molecule has 9 heteroatoms. The van der Waals surface area contributed by atoms with Gasteiger partial charge in [0.1, 0.15) is 12.2 Å². The lowest BCUT2D eigenvalue weighted by Gasteiger charge is -2.44. The number of ether oxygens (including phenoxy) is 2. The molecule has 1 aromatic carbocycles. The third-order valence-electron chi connectivity index (χ3n) is 5.08. The van der Waals surface area contributed by atoms with Crippen LogP contribution in [0.15, 0.2) is 29.2 Å². The van der Waals surface area contributed by atoms with Gasteiger partial charge in [-0.25, -0.2) is 0 Å². The van der Waals surface area contributed by atoms with E-state index >= 15 is 0 Å². The maximum Gasteiger partial charge on any atom is 0.297 e. The molecule has 1 N–H and O–H groups in total. The Balaban J connectivity index is 1.56. The molecule has 0 unspecified atom stereocenters. The maximum atomic E-state index is 12.7. The smallest absolute Gasteiger partial charge is 0.297 e. The number of rotatable bonds is 4. The molecule has 26 heavy (non-hydrogen) atoms. The minimum Gasteiger partial charge on any atom is -0.388 e. The monoisotopic (exact) mass is 401 g/mol. The van der Waals surface area contributed by atoms with E-state index in [9.17, 15) is 13.5 Å². The summed E-state index contributed by atoms with van der Waals surface area (Å²) in [4.78, 5) is 2.22. The average Bonchev–Trinajstić information content (AvgIpc) is 3.06. The second kappa shape index (κ2) is 7.38. The van der Waals surface area contributed by atoms with Crippen molar-refractivity contribution in [2.75, 3.05) is 31.2 Å². The maximum absolute atomic E-state index is 12.7. The molecule has 2 bridgehead atoms. The summed E-state index contributed by atoms with van der Waals surface area (Å²) in [6.45, 7) is 3.87. The van der Waals surface area contributed by atoms with Crippen LogP contribution in [-0.4, -0.2) is 80.3 Å². The minimum absolute atomic E-state index is 0.0568. The van der Waals surface area contributed by atoms with Gasteiger partial charge in [0.15, 0.2) is 12.4 Å². The van der Waals surface area contributed by atoms with E-state index in [1.54, 1.807) is 12.1 Å². The predicted octanol–water partition coefficient (Wildman–Crippen LogP) is 0.602. The van der Waals surface area contributed by atoms with Gasteiger partial charge in [0.05, 0.1) is 17.5 Å². The van der Waals surface area contributed by atoms with Gasteiger partial charge in [-0.3, -0.25) is 9.08 Å². The van der Waals surface area contributed by atoms with Crippen molar-refractivity contribution < 1.29 is 27.2 Å². The lowest BCUT2D eigenvalue weighted by molar-refractivity contribution is -0.207. The largest absolute Gasteiger partial charge is 0.388 e. The summed E-state index contributed by atoms with van der Waals surface area (Å²) < 4.78 is 42.1. The van der Waals surface area contributed by atoms with Crippen molar-refractivity contribution in [3.05, 3.63) is 29.8 Å². The van der Waals surface area contributed by atoms with Crippen LogP contribution in [0.1, 0.15) is 5.56 Å². The van der Waals surface area contributed by atoms with Gasteiger partial charge in [-0.2, -0.15) is 20.2 Å². The van der Waals surface area contributed by atoms with Crippen LogP contribution >= 0.6 is 11.8 Å². The fourth-order valence-corrected chi connectivity index (χ4v) is 5.71. The third kappa shape index (κ3) is 3.54. The first kappa shape index (κ1) is 18.7. The van der Waals surface area contributed by atoms with Crippen LogP contribution in [0.5, 0.6) is 0 Å². The summed E-state index contributed by atoms with van der Waals surface area (Å²) in [5, 5.41) is 10.9. The Bertz CT molecular complexity index is 734. The summed E-state index contributed by atoms with van der Waals surface area (Å²) >= 11 is 1.87. The van der Waals surface area contributed by atoms with E-state index in [0.717, 1.165) is 30.2 Å². The lowest BCUT2D eigenvalue weighted by atomic mass is 9.96. The van der Waals surface area contributed by atoms with Gasteiger partial charge >= 0.3 is 0 Å². The van der Waals surface area contributed by atoms with E-state index in [2.05, 4.69) is 4.90 Å². The molecule has 0 radical (unpaired) electrons. The number of aliphatic hydroxyl groups excluding tert-OH is 1. The minimum atomic E-state index is -4.03. The highest BCUT2D eigenvalue weighted by Crippen LogP contribution is 2.35. The molecule has 3 heterocycles. The fourth-order valence-electron chi connectivity index (χ4n) is 3.70. The molecule has 3 aliphatic rings. The lowest BCUT2D eigenvalue weighted by Crippen LogP contribution is -2.62. The van der Waals surface area contributed by atoms with Crippen LogP contribution in [-0.2, 0) is 23.8 Å². The predicted molar refractivity (Wildman–Crippen MR) is 96.5 cm³/mol. The van der Waals surface area contributed by atoms with Crippen LogP contribution in [0, 0.1) is 6.92 Å². The van der Waals surface area contributed by atoms with Crippen LogP contribution in [0.4, 0.5) is 0 Å². The van der Waals surface area contributed by atoms with Crippen molar-refractivity contribution in [1.82, 2.24) is 4.90 Å². The molecular weight excluding hydrogens is 378 g/mol. The summed E-state index contributed by atoms with van der Waals surface area (Å²) in [6.07, 6.45) is -3.21. The van der Waals surface area contributed by atoms with Crippen molar-refractivity contribution >= 4 is 21.9 Å². The summed E-state index contributed by atoms with van der Waals surface area (Å²) in [5.74, 6) is 1.96. The number of hydrogen-bond donors (Lipinski definition) is 1. The zero-order valence-electron chi connectivity index (χ0n) is 14.5. The summed E-state index contributed by atoms with van der Waals surface area (Å²) in [6, 6.07) is 6.09. The first-order valence-electron chi connectivity index (χ1n) is 8.72. The molecule has 0 aromatic heterocycles. The Labute approximate surface area is 157 Å². The van der Waals surface area contributed by atoms with Gasteiger partial charge in [0.2, 0.25) is 0 Å². The molecule has 3 saturated heterocycles. The van der Waals surface area contributed by atoms with Crippen molar-refractivity contribution in [2.24, 2.45) is 0 Å². The van der Waals surface area contributed by atoms with Gasteiger partial charge in [0, 0.05) is 24.6 Å². The zero-order chi connectivity index (χ0) is 18.3. The molecule has 3 fully saturated rings. The average molecular weight is 402 g/mol. The van der Waals surface area contributed by atoms with Gasteiger partial charge in [-0.1, -0.05) is 17.7 Å². The van der Waals surface area contributed by atoms with Gasteiger partial charge in [-0.05, 0) is 19.1 Å². The van der Waals surface area contributed by atoms with Gasteiger partial charge in [0.25, 0.3) is 10.1 Å². The highest BCUT2D eigenvalue weighted by molar-refractivity contribution is 7.99. The standard InChI is InChI=1S/C17H23NO6S2/c1-11-2-4-12(5-3-11)26(20,21)24-16-15(19)14(13-10-22-17(16)23-13)18-6-8-25-9-7-18/h2-5,13-17,19H,6-10H2,1H3/t13-,14+,15+,16+,17-/m0/s1. The number of nitrogens with zero attached hydrogens (tertiary/aromatic N) is 1. The van der Waals surface area contributed by atoms with Crippen molar-refractivity contribution in [3.63, 3.8) is 0 Å². The Kier molecular flexibility index (Phi) is 5.30. The number of aliphatic hydroxyl groups is 1. The second-order valence-corrected chi connectivity index (χ2v) is 9.63. The van der Waals surface area contributed by atoms with E-state index in [4.69, 9.17) is 13.7 Å². The molecular formula is C17H23NO6S2. The van der Waals surface area contributed by atoms with Crippen molar-refractivity contribution in [2.45, 2.75) is 42.5 Å². The molecule has 1 aromatic rings. The van der Waals surface area contributed by atoms with Crippen LogP contribution in [0.2, 0.25) is 0 Å². The first-order valence-corrected chi connectivity index (χ1v) is 11.3. The zero-order valence-corrected chi connectivity index (χ0v) is 16.1. The van der Waals surface area contributed by atoms with Gasteiger partial charge < -0.3 is 14.6 Å². The molecule has 5 atom stereocenters. The van der Waals surface area contributed by atoms with E-state index in [0.29, 0.717) is 6.61 Å². The third-order valence-corrected chi connectivity index (χ3v) is 7.35. The molecule has 0 saturated carbocycles. The second-order valence-electron chi connectivity index (χ2n) is 6.83. The van der Waals surface area contributed by atoms with E-state index < -0.39 is 28.6 Å². The van der Waals surface area contributed by atoms with Crippen molar-refractivity contribution in [3.8, 4) is 0 Å². The van der Waals surface area contributed by atoms with Crippen LogP contribution in [0.25, 0.3) is 0 Å². The quantitative estimate of drug-likeness (QED) is 0.735. The van der Waals surface area contributed by atoms with Gasteiger partial charge in [-0.15, -0.1) is 0 Å². The molecule has 7 nitrogen and oxygen atoms in total. The molecule has 0 aliphatic carbocycles. The number of thioether (sulfide) groups is 1. The number of aryl methyl sites for hydroxylation is 1. The number of hydrogen-bond acceptors (Lipinski definition) is 8. The van der Waals surface area contributed by atoms with E-state index in [-0.39, 0.29) is 17.0 Å². The molecule has 3 aliphatic heterocycles. The number of benzene rings is 1. The highest BCUT2D eigenvalue weighted by atomic mass is 32.2. The fraction of sp³-hybridized carbons (Fsp3) is 0.647. The van der Waals surface area contributed by atoms with E-state index in [1.807, 2.05) is 18.7 Å². The first-order chi connectivity index (χ1) is 12.5. The topological polar surface area (TPSA) is 85.3 Å². The normalized spacial score (nSPS) is 35.5. The molecule has 4 rings (SSSR count). The van der Waals surface area contributed by atoms with Crippen LogP contribution in [0.3, 0.4) is 0 Å². The Morgan fingerprint density at radius 1 is 1.23 bits per heavy atom. The molecule has 144 valence electrons.